The summed E-state index contributed by atoms with van der Waals surface area (Å²) in [6.07, 6.45) is -0.772. The molecular weight excluding hydrogens is 408 g/mol. The molecule has 0 bridgehead atoms. The number of H-pyrrole nitrogens is 1. The van der Waals surface area contributed by atoms with Crippen LogP contribution in [-0.2, 0) is 13.6 Å². The minimum atomic E-state index is -0.772. The smallest absolute Gasteiger partial charge is 0.330 e. The quantitative estimate of drug-likeness (QED) is 0.511. The van der Waals surface area contributed by atoms with Crippen molar-refractivity contribution in [1.29, 1.82) is 0 Å². The van der Waals surface area contributed by atoms with Crippen molar-refractivity contribution in [3.8, 4) is 22.9 Å². The summed E-state index contributed by atoms with van der Waals surface area (Å²) in [5, 5.41) is 10.3. The summed E-state index contributed by atoms with van der Waals surface area (Å²) in [5.41, 5.74) is 0.0912. The van der Waals surface area contributed by atoms with Gasteiger partial charge in [0.05, 0.1) is 12.6 Å². The van der Waals surface area contributed by atoms with Crippen LogP contribution in [0.25, 0.3) is 22.6 Å². The number of imidazole rings is 1. The van der Waals surface area contributed by atoms with Gasteiger partial charge in [0.1, 0.15) is 17.3 Å². The summed E-state index contributed by atoms with van der Waals surface area (Å²) in [6, 6.07) is 14.2. The molecule has 154 valence electrons. The van der Waals surface area contributed by atoms with Gasteiger partial charge in [0.25, 0.3) is 5.56 Å². The molecule has 0 aliphatic heterocycles. The number of ether oxygens (including phenoxy) is 1. The maximum absolute atomic E-state index is 12.4. The van der Waals surface area contributed by atoms with Crippen LogP contribution < -0.4 is 16.0 Å². The second-order valence-corrected chi connectivity index (χ2v) is 7.40. The van der Waals surface area contributed by atoms with Crippen LogP contribution in [-0.4, -0.2) is 30.3 Å². The van der Waals surface area contributed by atoms with Crippen LogP contribution in [0.15, 0.2) is 58.1 Å². The molecule has 0 aliphatic carbocycles. The monoisotopic (exact) mass is 426 g/mol. The first-order valence-corrected chi connectivity index (χ1v) is 9.63. The zero-order valence-corrected chi connectivity index (χ0v) is 17.1. The van der Waals surface area contributed by atoms with Crippen molar-refractivity contribution >= 4 is 22.8 Å². The van der Waals surface area contributed by atoms with E-state index in [1.54, 1.807) is 54.9 Å². The Labute approximate surface area is 176 Å². The molecule has 1 unspecified atom stereocenters. The van der Waals surface area contributed by atoms with Gasteiger partial charge < -0.3 is 14.4 Å². The van der Waals surface area contributed by atoms with E-state index in [1.807, 2.05) is 12.1 Å². The number of aryl methyl sites for hydroxylation is 1. The Morgan fingerprint density at radius 3 is 2.30 bits per heavy atom. The van der Waals surface area contributed by atoms with Gasteiger partial charge in [-0.1, -0.05) is 11.6 Å². The Morgan fingerprint density at radius 1 is 1.10 bits per heavy atom. The molecule has 0 radical (unpaired) electrons. The van der Waals surface area contributed by atoms with E-state index in [9.17, 15) is 14.7 Å². The Hall–Kier alpha value is -3.36. The van der Waals surface area contributed by atoms with Crippen molar-refractivity contribution in [2.75, 3.05) is 0 Å². The van der Waals surface area contributed by atoms with Gasteiger partial charge in [-0.2, -0.15) is 0 Å². The fourth-order valence-corrected chi connectivity index (χ4v) is 3.37. The van der Waals surface area contributed by atoms with Crippen LogP contribution >= 0.6 is 11.6 Å². The van der Waals surface area contributed by atoms with Gasteiger partial charge in [-0.3, -0.25) is 14.3 Å². The van der Waals surface area contributed by atoms with Crippen molar-refractivity contribution in [1.82, 2.24) is 19.1 Å². The Kier molecular flexibility index (Phi) is 5.19. The lowest BCUT2D eigenvalue weighted by atomic mass is 10.2. The Morgan fingerprint density at radius 2 is 1.70 bits per heavy atom. The number of aliphatic hydroxyl groups is 1. The van der Waals surface area contributed by atoms with Crippen molar-refractivity contribution in [2.45, 2.75) is 19.6 Å². The Bertz CT molecular complexity index is 1320. The van der Waals surface area contributed by atoms with Gasteiger partial charge in [-0.25, -0.2) is 9.78 Å². The van der Waals surface area contributed by atoms with Gasteiger partial charge >= 0.3 is 5.69 Å². The number of nitrogens with zero attached hydrogens (tertiary/aromatic N) is 3. The molecule has 2 N–H and O–H groups in total. The maximum atomic E-state index is 12.4. The van der Waals surface area contributed by atoms with E-state index >= 15 is 0 Å². The highest BCUT2D eigenvalue weighted by atomic mass is 35.5. The molecule has 4 aromatic rings. The molecule has 1 atom stereocenters. The average Bonchev–Trinajstić information content (AvgIpc) is 3.05. The number of aromatic nitrogens is 4. The third-order valence-corrected chi connectivity index (χ3v) is 4.87. The standard InChI is InChI=1S/C21H19ClN4O4/c1-12(27)11-26-19-17(20(28)24-21(26)29)25(2)18(23-19)13-3-7-15(8-4-13)30-16-9-5-14(22)6-10-16/h3-10,12,27H,11H2,1-2H3,(H,24,28,29). The summed E-state index contributed by atoms with van der Waals surface area (Å²) in [7, 11) is 1.70. The van der Waals surface area contributed by atoms with E-state index in [-0.39, 0.29) is 17.7 Å². The number of hydrogen-bond donors (Lipinski definition) is 2. The molecule has 4 rings (SSSR count). The highest BCUT2D eigenvalue weighted by Gasteiger charge is 2.18. The summed E-state index contributed by atoms with van der Waals surface area (Å²) in [6.45, 7) is 1.59. The number of aliphatic hydroxyl groups excluding tert-OH is 1. The molecule has 0 saturated heterocycles. The van der Waals surface area contributed by atoms with E-state index < -0.39 is 17.4 Å². The summed E-state index contributed by atoms with van der Waals surface area (Å²) in [5.74, 6) is 1.80. The highest BCUT2D eigenvalue weighted by molar-refractivity contribution is 6.30. The lowest BCUT2D eigenvalue weighted by Gasteiger charge is -2.07. The van der Waals surface area contributed by atoms with Crippen LogP contribution in [0.2, 0.25) is 5.02 Å². The molecule has 0 spiro atoms. The van der Waals surface area contributed by atoms with Crippen molar-refractivity contribution in [2.24, 2.45) is 7.05 Å². The van der Waals surface area contributed by atoms with Crippen molar-refractivity contribution in [3.63, 3.8) is 0 Å². The zero-order chi connectivity index (χ0) is 21.4. The number of halogens is 1. The fourth-order valence-electron chi connectivity index (χ4n) is 3.25. The van der Waals surface area contributed by atoms with E-state index in [0.29, 0.717) is 22.3 Å². The third-order valence-electron chi connectivity index (χ3n) is 4.62. The summed E-state index contributed by atoms with van der Waals surface area (Å²) in [4.78, 5) is 31.4. The predicted octanol–water partition coefficient (Wildman–Crippen LogP) is 2.92. The molecule has 9 heteroatoms. The second kappa shape index (κ2) is 7.81. The molecule has 2 aromatic heterocycles. The summed E-state index contributed by atoms with van der Waals surface area (Å²) >= 11 is 5.89. The number of rotatable bonds is 5. The molecular formula is C21H19ClN4O4. The largest absolute Gasteiger partial charge is 0.457 e. The van der Waals surface area contributed by atoms with Crippen LogP contribution in [0, 0.1) is 0 Å². The Balaban J connectivity index is 1.73. The highest BCUT2D eigenvalue weighted by Crippen LogP contribution is 2.27. The summed E-state index contributed by atoms with van der Waals surface area (Å²) < 4.78 is 8.69. The first-order chi connectivity index (χ1) is 14.3. The van der Waals surface area contributed by atoms with Crippen LogP contribution in [0.4, 0.5) is 0 Å². The number of hydrogen-bond acceptors (Lipinski definition) is 5. The predicted molar refractivity (Wildman–Crippen MR) is 114 cm³/mol. The first-order valence-electron chi connectivity index (χ1n) is 9.25. The van der Waals surface area contributed by atoms with Gasteiger partial charge in [0.15, 0.2) is 11.2 Å². The molecule has 8 nitrogen and oxygen atoms in total. The van der Waals surface area contributed by atoms with Crippen molar-refractivity contribution < 1.29 is 9.84 Å². The number of aromatic amines is 1. The molecule has 30 heavy (non-hydrogen) atoms. The topological polar surface area (TPSA) is 102 Å². The minimum Gasteiger partial charge on any atom is -0.457 e. The number of fused-ring (bicyclic) bond motifs is 1. The average molecular weight is 427 g/mol. The number of benzene rings is 2. The number of nitrogens with one attached hydrogen (secondary N) is 1. The molecule has 2 aromatic carbocycles. The lowest BCUT2D eigenvalue weighted by Crippen LogP contribution is -2.33. The fraction of sp³-hybridized carbons (Fsp3) is 0.190. The molecule has 2 heterocycles. The van der Waals surface area contributed by atoms with Crippen LogP contribution in [0.1, 0.15) is 6.92 Å². The normalized spacial score (nSPS) is 12.3. The first kappa shape index (κ1) is 19.9. The van der Waals surface area contributed by atoms with E-state index in [4.69, 9.17) is 16.3 Å². The van der Waals surface area contributed by atoms with Gasteiger partial charge in [0.2, 0.25) is 0 Å². The maximum Gasteiger partial charge on any atom is 0.330 e. The van der Waals surface area contributed by atoms with Crippen LogP contribution in [0.5, 0.6) is 11.5 Å². The zero-order valence-electron chi connectivity index (χ0n) is 16.3. The van der Waals surface area contributed by atoms with E-state index in [1.165, 1.54) is 4.57 Å². The van der Waals surface area contributed by atoms with Gasteiger partial charge in [0, 0.05) is 17.6 Å². The molecule has 0 aliphatic rings. The van der Waals surface area contributed by atoms with Crippen LogP contribution in [0.3, 0.4) is 0 Å². The third kappa shape index (κ3) is 3.74. The van der Waals surface area contributed by atoms with Crippen molar-refractivity contribution in [3.05, 3.63) is 74.4 Å². The van der Waals surface area contributed by atoms with E-state index in [0.717, 1.165) is 5.56 Å². The van der Waals surface area contributed by atoms with Gasteiger partial charge in [-0.05, 0) is 55.5 Å². The lowest BCUT2D eigenvalue weighted by molar-refractivity contribution is 0.173. The minimum absolute atomic E-state index is 0.0242. The van der Waals surface area contributed by atoms with Gasteiger partial charge in [-0.15, -0.1) is 0 Å². The second-order valence-electron chi connectivity index (χ2n) is 6.97. The molecule has 0 fully saturated rings. The molecule has 0 saturated carbocycles. The molecule has 0 amide bonds. The van der Waals surface area contributed by atoms with E-state index in [2.05, 4.69) is 9.97 Å². The SMILES string of the molecule is CC(O)Cn1c(=O)[nH]c(=O)c2c1nc(-c1ccc(Oc3ccc(Cl)cc3)cc1)n2C.